The van der Waals surface area contributed by atoms with E-state index < -0.39 is 15.9 Å². The van der Waals surface area contributed by atoms with Gasteiger partial charge in [-0.3, -0.25) is 9.59 Å². The van der Waals surface area contributed by atoms with Gasteiger partial charge in [0.15, 0.2) is 0 Å². The van der Waals surface area contributed by atoms with E-state index in [-0.39, 0.29) is 22.9 Å². The Bertz CT molecular complexity index is 1430. The lowest BCUT2D eigenvalue weighted by atomic mass is 10.1. The predicted octanol–water partition coefficient (Wildman–Crippen LogP) is 4.13. The standard InChI is InChI=1S/C28H28N2O6S/c1-4-36-25-13-7-20(8-14-25)17-29-27(31)23-9-5-21(6-10-23)18-30-28(32)19(2)26(37(30,33)34)22-11-15-24(35-3)16-12-22/h5-16H,4,17-18H2,1-3H3,(H,29,31). The highest BCUT2D eigenvalue weighted by atomic mass is 32.2. The maximum Gasteiger partial charge on any atom is 0.268 e. The van der Waals surface area contributed by atoms with Crippen LogP contribution in [0.15, 0.2) is 78.4 Å². The van der Waals surface area contributed by atoms with Crippen molar-refractivity contribution in [2.24, 2.45) is 0 Å². The third-order valence-corrected chi connectivity index (χ3v) is 7.95. The second kappa shape index (κ2) is 10.9. The number of methoxy groups -OCH3 is 1. The van der Waals surface area contributed by atoms with E-state index in [1.807, 2.05) is 31.2 Å². The second-order valence-electron chi connectivity index (χ2n) is 8.46. The first-order valence-electron chi connectivity index (χ1n) is 11.8. The molecule has 0 atom stereocenters. The summed E-state index contributed by atoms with van der Waals surface area (Å²) >= 11 is 0. The Morgan fingerprint density at radius 3 is 2.08 bits per heavy atom. The van der Waals surface area contributed by atoms with Gasteiger partial charge in [-0.15, -0.1) is 0 Å². The molecule has 3 aromatic rings. The molecule has 0 saturated carbocycles. The van der Waals surface area contributed by atoms with Crippen LogP contribution in [0.4, 0.5) is 0 Å². The molecule has 0 bridgehead atoms. The molecule has 1 N–H and O–H groups in total. The molecule has 9 heteroatoms. The summed E-state index contributed by atoms with van der Waals surface area (Å²) in [5, 5.41) is 2.86. The molecule has 0 saturated heterocycles. The zero-order valence-corrected chi connectivity index (χ0v) is 21.7. The fourth-order valence-corrected chi connectivity index (χ4v) is 5.85. The number of hydrogen-bond donors (Lipinski definition) is 1. The lowest BCUT2D eigenvalue weighted by molar-refractivity contribution is -0.122. The number of amides is 2. The Kier molecular flexibility index (Phi) is 7.63. The molecule has 0 aromatic heterocycles. The number of hydrogen-bond acceptors (Lipinski definition) is 6. The molecule has 4 rings (SSSR count). The molecule has 3 aromatic carbocycles. The average Bonchev–Trinajstić information content (AvgIpc) is 3.07. The summed E-state index contributed by atoms with van der Waals surface area (Å²) < 4.78 is 38.0. The summed E-state index contributed by atoms with van der Waals surface area (Å²) in [7, 11) is -2.51. The van der Waals surface area contributed by atoms with Crippen LogP contribution in [-0.4, -0.2) is 38.3 Å². The van der Waals surface area contributed by atoms with Crippen LogP contribution in [0.25, 0.3) is 4.91 Å². The van der Waals surface area contributed by atoms with Crippen molar-refractivity contribution in [3.63, 3.8) is 0 Å². The van der Waals surface area contributed by atoms with Crippen molar-refractivity contribution in [3.05, 3.63) is 101 Å². The van der Waals surface area contributed by atoms with Gasteiger partial charge in [0.2, 0.25) is 0 Å². The maximum absolute atomic E-state index is 13.3. The van der Waals surface area contributed by atoms with Gasteiger partial charge in [-0.05, 0) is 79.1 Å². The van der Waals surface area contributed by atoms with E-state index in [1.54, 1.807) is 48.5 Å². The van der Waals surface area contributed by atoms with Gasteiger partial charge in [0.1, 0.15) is 16.4 Å². The van der Waals surface area contributed by atoms with E-state index >= 15 is 0 Å². The number of nitrogens with one attached hydrogen (secondary N) is 1. The topological polar surface area (TPSA) is 102 Å². The SMILES string of the molecule is CCOc1ccc(CNC(=O)c2ccc(CN3C(=O)C(C)=C(c4ccc(OC)cc4)S3(=O)=O)cc2)cc1. The van der Waals surface area contributed by atoms with Gasteiger partial charge >= 0.3 is 0 Å². The van der Waals surface area contributed by atoms with Gasteiger partial charge in [0.05, 0.1) is 20.3 Å². The third kappa shape index (κ3) is 5.51. The molecule has 37 heavy (non-hydrogen) atoms. The van der Waals surface area contributed by atoms with E-state index in [2.05, 4.69) is 5.32 Å². The number of rotatable bonds is 9. The summed E-state index contributed by atoms with van der Waals surface area (Å²) in [5.74, 6) is 0.532. The molecule has 192 valence electrons. The summed E-state index contributed by atoms with van der Waals surface area (Å²) in [6, 6.07) is 20.5. The normalized spacial score (nSPS) is 14.6. The van der Waals surface area contributed by atoms with Gasteiger partial charge < -0.3 is 14.8 Å². The predicted molar refractivity (Wildman–Crippen MR) is 140 cm³/mol. The molecular formula is C28H28N2O6S. The molecule has 8 nitrogen and oxygen atoms in total. The van der Waals surface area contributed by atoms with E-state index in [9.17, 15) is 18.0 Å². The van der Waals surface area contributed by atoms with Crippen LogP contribution < -0.4 is 14.8 Å². The second-order valence-corrected chi connectivity index (χ2v) is 10.3. The van der Waals surface area contributed by atoms with Gasteiger partial charge in [-0.1, -0.05) is 24.3 Å². The molecule has 1 heterocycles. The van der Waals surface area contributed by atoms with Gasteiger partial charge in [0, 0.05) is 17.7 Å². The van der Waals surface area contributed by atoms with Crippen molar-refractivity contribution in [2.45, 2.75) is 26.9 Å². The highest BCUT2D eigenvalue weighted by molar-refractivity contribution is 7.99. The molecule has 0 spiro atoms. The zero-order valence-electron chi connectivity index (χ0n) is 20.9. The Morgan fingerprint density at radius 2 is 1.49 bits per heavy atom. The molecule has 1 aliphatic heterocycles. The van der Waals surface area contributed by atoms with E-state index in [4.69, 9.17) is 9.47 Å². The fourth-order valence-electron chi connectivity index (χ4n) is 4.04. The number of ether oxygens (including phenoxy) is 2. The Hall–Kier alpha value is -4.11. The van der Waals surface area contributed by atoms with Crippen LogP contribution in [-0.2, 0) is 27.9 Å². The smallest absolute Gasteiger partial charge is 0.268 e. The first-order valence-corrected chi connectivity index (χ1v) is 13.2. The first-order chi connectivity index (χ1) is 17.7. The molecule has 2 amide bonds. The van der Waals surface area contributed by atoms with Gasteiger partial charge in [0.25, 0.3) is 21.8 Å². The highest BCUT2D eigenvalue weighted by Crippen LogP contribution is 2.37. The van der Waals surface area contributed by atoms with Crippen LogP contribution in [0, 0.1) is 0 Å². The van der Waals surface area contributed by atoms with Crippen molar-refractivity contribution in [3.8, 4) is 11.5 Å². The first kappa shape index (κ1) is 26.0. The molecular weight excluding hydrogens is 492 g/mol. The minimum Gasteiger partial charge on any atom is -0.497 e. The number of sulfonamides is 1. The van der Waals surface area contributed by atoms with E-state index in [0.29, 0.717) is 35.6 Å². The third-order valence-electron chi connectivity index (χ3n) is 6.02. The quantitative estimate of drug-likeness (QED) is 0.455. The summed E-state index contributed by atoms with van der Waals surface area (Å²) in [4.78, 5) is 25.4. The lowest BCUT2D eigenvalue weighted by Crippen LogP contribution is -2.31. The number of carbonyl (C=O) groups excluding carboxylic acids is 2. The average molecular weight is 521 g/mol. The van der Waals surface area contributed by atoms with Crippen LogP contribution in [0.5, 0.6) is 11.5 Å². The zero-order chi connectivity index (χ0) is 26.6. The minimum atomic E-state index is -4.04. The molecule has 0 fully saturated rings. The molecule has 0 unspecified atom stereocenters. The van der Waals surface area contributed by atoms with Gasteiger partial charge in [-0.25, -0.2) is 12.7 Å². The van der Waals surface area contributed by atoms with Crippen LogP contribution in [0.2, 0.25) is 0 Å². The van der Waals surface area contributed by atoms with E-state index in [0.717, 1.165) is 15.6 Å². The fraction of sp³-hybridized carbons (Fsp3) is 0.214. The Labute approximate surface area is 216 Å². The highest BCUT2D eigenvalue weighted by Gasteiger charge is 2.42. The molecule has 0 aliphatic carbocycles. The Morgan fingerprint density at radius 1 is 0.892 bits per heavy atom. The molecule has 1 aliphatic rings. The minimum absolute atomic E-state index is 0.00885. The summed E-state index contributed by atoms with van der Waals surface area (Å²) in [6.07, 6.45) is 0. The van der Waals surface area contributed by atoms with Crippen molar-refractivity contribution in [1.29, 1.82) is 0 Å². The van der Waals surface area contributed by atoms with Crippen molar-refractivity contribution in [1.82, 2.24) is 9.62 Å². The van der Waals surface area contributed by atoms with E-state index in [1.165, 1.54) is 14.0 Å². The number of nitrogens with zero attached hydrogens (tertiary/aromatic N) is 1. The Balaban J connectivity index is 1.42. The monoisotopic (exact) mass is 520 g/mol. The largest absolute Gasteiger partial charge is 0.497 e. The van der Waals surface area contributed by atoms with Crippen molar-refractivity contribution in [2.75, 3.05) is 13.7 Å². The number of benzene rings is 3. The van der Waals surface area contributed by atoms with Crippen molar-refractivity contribution >= 4 is 26.7 Å². The van der Waals surface area contributed by atoms with Crippen LogP contribution in [0.3, 0.4) is 0 Å². The van der Waals surface area contributed by atoms with Crippen LogP contribution >= 0.6 is 0 Å². The maximum atomic E-state index is 13.3. The summed E-state index contributed by atoms with van der Waals surface area (Å²) in [6.45, 7) is 4.24. The lowest BCUT2D eigenvalue weighted by Gasteiger charge is -2.17. The van der Waals surface area contributed by atoms with Crippen LogP contribution in [0.1, 0.15) is 40.9 Å². The van der Waals surface area contributed by atoms with Gasteiger partial charge in [-0.2, -0.15) is 0 Å². The molecule has 0 radical (unpaired) electrons. The summed E-state index contributed by atoms with van der Waals surface area (Å²) in [5.41, 5.74) is 2.54. The van der Waals surface area contributed by atoms with Crippen molar-refractivity contribution < 1.29 is 27.5 Å². The number of carbonyl (C=O) groups is 2.